The highest BCUT2D eigenvalue weighted by molar-refractivity contribution is 7.92. The largest absolute Gasteiger partial charge is 0.444 e. The molecule has 2 aliphatic rings. The molecule has 0 aromatic rings. The second-order valence-corrected chi connectivity index (χ2v) is 9.66. The molecule has 7 heteroatoms. The number of hydrogen-bond donors (Lipinski definition) is 1. The first-order chi connectivity index (χ1) is 10.2. The first-order valence-corrected chi connectivity index (χ1v) is 9.82. The molecule has 128 valence electrons. The second-order valence-electron chi connectivity index (χ2n) is 7.26. The summed E-state index contributed by atoms with van der Waals surface area (Å²) >= 11 is 0. The van der Waals surface area contributed by atoms with Gasteiger partial charge < -0.3 is 15.0 Å². The van der Waals surface area contributed by atoms with Gasteiger partial charge in [-0.2, -0.15) is 0 Å². The number of nitrogens with one attached hydrogen (secondary N) is 1. The lowest BCUT2D eigenvalue weighted by molar-refractivity contribution is 0.0226. The highest BCUT2D eigenvalue weighted by Crippen LogP contribution is 2.21. The van der Waals surface area contributed by atoms with Crippen LogP contribution in [0.1, 0.15) is 46.5 Å². The molecule has 22 heavy (non-hydrogen) atoms. The Balaban J connectivity index is 1.80. The summed E-state index contributed by atoms with van der Waals surface area (Å²) in [5, 5.41) is 2.98. The third-order valence-corrected chi connectivity index (χ3v) is 6.50. The maximum atomic E-state index is 12.2. The second kappa shape index (κ2) is 6.74. The lowest BCUT2D eigenvalue weighted by Crippen LogP contribution is -2.45. The van der Waals surface area contributed by atoms with E-state index < -0.39 is 15.4 Å². The molecule has 2 atom stereocenters. The molecule has 0 aromatic heterocycles. The molecular weight excluding hydrogens is 304 g/mol. The number of carbonyl (C=O) groups excluding carboxylic acids is 1. The van der Waals surface area contributed by atoms with Crippen molar-refractivity contribution in [3.05, 3.63) is 0 Å². The zero-order chi connectivity index (χ0) is 16.4. The molecular formula is C15H28N2O4S. The van der Waals surface area contributed by atoms with Crippen molar-refractivity contribution in [3.63, 3.8) is 0 Å². The maximum Gasteiger partial charge on any atom is 0.410 e. The van der Waals surface area contributed by atoms with Gasteiger partial charge in [0.15, 0.2) is 9.84 Å². The number of carbonyl (C=O) groups is 1. The predicted octanol–water partition coefficient (Wildman–Crippen LogP) is 1.55. The molecule has 6 nitrogen and oxygen atoms in total. The van der Waals surface area contributed by atoms with Crippen molar-refractivity contribution in [1.82, 2.24) is 10.2 Å². The van der Waals surface area contributed by atoms with Crippen molar-refractivity contribution in [3.8, 4) is 0 Å². The van der Waals surface area contributed by atoms with Gasteiger partial charge in [0.05, 0.1) is 11.0 Å². The summed E-state index contributed by atoms with van der Waals surface area (Å²) in [5.41, 5.74) is -0.490. The first-order valence-electron chi connectivity index (χ1n) is 8.11. The minimum Gasteiger partial charge on any atom is -0.444 e. The zero-order valence-corrected chi connectivity index (χ0v) is 14.6. The summed E-state index contributed by atoms with van der Waals surface area (Å²) in [4.78, 5) is 13.9. The summed E-state index contributed by atoms with van der Waals surface area (Å²) in [6.45, 7) is 7.41. The van der Waals surface area contributed by atoms with Crippen LogP contribution in [0.3, 0.4) is 0 Å². The van der Waals surface area contributed by atoms with Crippen molar-refractivity contribution in [2.45, 2.75) is 63.3 Å². The Morgan fingerprint density at radius 3 is 2.55 bits per heavy atom. The monoisotopic (exact) mass is 332 g/mol. The van der Waals surface area contributed by atoms with Crippen LogP contribution in [-0.2, 0) is 14.6 Å². The number of likely N-dealkylation sites (tertiary alicyclic amines) is 1. The van der Waals surface area contributed by atoms with Crippen molar-refractivity contribution in [2.75, 3.05) is 25.4 Å². The Hall–Kier alpha value is -0.820. The third-order valence-electron chi connectivity index (χ3n) is 4.22. The summed E-state index contributed by atoms with van der Waals surface area (Å²) in [6.07, 6.45) is 3.14. The van der Waals surface area contributed by atoms with E-state index in [1.165, 1.54) is 0 Å². The SMILES string of the molecule is CC(C)(C)OC(=O)N1CCCC1CNCC1CCCS1(=O)=O. The average Bonchev–Trinajstić information content (AvgIpc) is 2.94. The van der Waals surface area contributed by atoms with Crippen LogP contribution in [0, 0.1) is 0 Å². The van der Waals surface area contributed by atoms with Crippen LogP contribution in [0.15, 0.2) is 0 Å². The van der Waals surface area contributed by atoms with Crippen LogP contribution in [-0.4, -0.2) is 61.7 Å². The van der Waals surface area contributed by atoms with Crippen molar-refractivity contribution in [2.24, 2.45) is 0 Å². The molecule has 0 aromatic carbocycles. The Morgan fingerprint density at radius 2 is 1.95 bits per heavy atom. The van der Waals surface area contributed by atoms with Crippen molar-refractivity contribution in [1.29, 1.82) is 0 Å². The van der Waals surface area contributed by atoms with Gasteiger partial charge in [-0.25, -0.2) is 13.2 Å². The average molecular weight is 332 g/mol. The van der Waals surface area contributed by atoms with Crippen molar-refractivity contribution >= 4 is 15.9 Å². The van der Waals surface area contributed by atoms with Crippen LogP contribution in [0.4, 0.5) is 4.79 Å². The molecule has 2 heterocycles. The standard InChI is InChI=1S/C15H28N2O4S/c1-15(2,3)21-14(18)17-8-4-6-12(17)10-16-11-13-7-5-9-22(13,19)20/h12-13,16H,4-11H2,1-3H3. The van der Waals surface area contributed by atoms with E-state index in [1.807, 2.05) is 20.8 Å². The van der Waals surface area contributed by atoms with E-state index in [0.717, 1.165) is 25.7 Å². The van der Waals surface area contributed by atoms with Crippen LogP contribution in [0.2, 0.25) is 0 Å². The highest BCUT2D eigenvalue weighted by atomic mass is 32.2. The van der Waals surface area contributed by atoms with Gasteiger partial charge in [0.1, 0.15) is 5.60 Å². The zero-order valence-electron chi connectivity index (χ0n) is 13.8. The quantitative estimate of drug-likeness (QED) is 0.845. The van der Waals surface area contributed by atoms with E-state index in [9.17, 15) is 13.2 Å². The van der Waals surface area contributed by atoms with Crippen molar-refractivity contribution < 1.29 is 17.9 Å². The molecule has 0 spiro atoms. The first kappa shape index (κ1) is 17.5. The number of amides is 1. The molecule has 0 radical (unpaired) electrons. The summed E-state index contributed by atoms with van der Waals surface area (Å²) in [7, 11) is -2.90. The number of sulfone groups is 1. The summed E-state index contributed by atoms with van der Waals surface area (Å²) in [6, 6.07) is 0.0963. The van der Waals surface area contributed by atoms with Gasteiger partial charge >= 0.3 is 6.09 Å². The maximum absolute atomic E-state index is 12.2. The van der Waals surface area contributed by atoms with E-state index in [2.05, 4.69) is 5.32 Å². The van der Waals surface area contributed by atoms with E-state index in [-0.39, 0.29) is 17.4 Å². The fourth-order valence-corrected chi connectivity index (χ4v) is 4.91. The Labute approximate surface area is 133 Å². The Morgan fingerprint density at radius 1 is 1.23 bits per heavy atom. The highest BCUT2D eigenvalue weighted by Gasteiger charge is 2.34. The third kappa shape index (κ3) is 4.59. The number of nitrogens with zero attached hydrogens (tertiary/aromatic N) is 1. The number of ether oxygens (including phenoxy) is 1. The number of hydrogen-bond acceptors (Lipinski definition) is 5. The van der Waals surface area contributed by atoms with Gasteiger partial charge in [0.25, 0.3) is 0 Å². The van der Waals surface area contributed by atoms with Crippen LogP contribution < -0.4 is 5.32 Å². The summed E-state index contributed by atoms with van der Waals surface area (Å²) < 4.78 is 29.0. The van der Waals surface area contributed by atoms with Gasteiger partial charge in [-0.15, -0.1) is 0 Å². The molecule has 1 N–H and O–H groups in total. The molecule has 0 bridgehead atoms. The van der Waals surface area contributed by atoms with Gasteiger partial charge in [0.2, 0.25) is 0 Å². The minimum absolute atomic E-state index is 0.0963. The van der Waals surface area contributed by atoms with E-state index in [4.69, 9.17) is 4.74 Å². The van der Waals surface area contributed by atoms with Crippen LogP contribution in [0.25, 0.3) is 0 Å². The Bertz CT molecular complexity index is 498. The molecule has 2 aliphatic heterocycles. The Kier molecular flexibility index (Phi) is 5.37. The number of rotatable bonds is 4. The van der Waals surface area contributed by atoms with E-state index in [1.54, 1.807) is 4.90 Å². The molecule has 2 rings (SSSR count). The molecule has 2 saturated heterocycles. The van der Waals surface area contributed by atoms with Gasteiger partial charge in [-0.05, 0) is 46.5 Å². The van der Waals surface area contributed by atoms with Gasteiger partial charge in [0, 0.05) is 25.7 Å². The molecule has 0 saturated carbocycles. The normalized spacial score (nSPS) is 28.0. The van der Waals surface area contributed by atoms with Crippen LogP contribution >= 0.6 is 0 Å². The lowest BCUT2D eigenvalue weighted by atomic mass is 10.2. The minimum atomic E-state index is -2.90. The van der Waals surface area contributed by atoms with E-state index >= 15 is 0 Å². The van der Waals surface area contributed by atoms with E-state index in [0.29, 0.717) is 25.4 Å². The molecule has 0 aliphatic carbocycles. The fraction of sp³-hybridized carbons (Fsp3) is 0.933. The lowest BCUT2D eigenvalue weighted by Gasteiger charge is -2.29. The molecule has 2 unspecified atom stereocenters. The van der Waals surface area contributed by atoms with Crippen LogP contribution in [0.5, 0.6) is 0 Å². The topological polar surface area (TPSA) is 75.7 Å². The molecule has 1 amide bonds. The van der Waals surface area contributed by atoms with Gasteiger partial charge in [-0.1, -0.05) is 0 Å². The summed E-state index contributed by atoms with van der Waals surface area (Å²) in [5.74, 6) is 0.312. The molecule has 2 fully saturated rings. The van der Waals surface area contributed by atoms with Gasteiger partial charge in [-0.3, -0.25) is 0 Å². The predicted molar refractivity (Wildman–Crippen MR) is 85.6 cm³/mol. The fourth-order valence-electron chi connectivity index (χ4n) is 3.11. The smallest absolute Gasteiger partial charge is 0.410 e.